The summed E-state index contributed by atoms with van der Waals surface area (Å²) < 4.78 is 0. The van der Waals surface area contributed by atoms with Crippen LogP contribution in [-0.4, -0.2) is 44.9 Å². The minimum absolute atomic E-state index is 0.0792. The first-order chi connectivity index (χ1) is 14.7. The fourth-order valence-electron chi connectivity index (χ4n) is 4.02. The molecule has 0 spiro atoms. The summed E-state index contributed by atoms with van der Waals surface area (Å²) in [5.41, 5.74) is 0.533. The van der Waals surface area contributed by atoms with Gasteiger partial charge in [-0.3, -0.25) is 10.1 Å². The number of nitrogens with zero attached hydrogens (tertiary/aromatic N) is 2. The van der Waals surface area contributed by atoms with Crippen LogP contribution in [0, 0.1) is 6.92 Å². The summed E-state index contributed by atoms with van der Waals surface area (Å²) >= 11 is 1.35. The van der Waals surface area contributed by atoms with Crippen LogP contribution in [0.3, 0.4) is 0 Å². The van der Waals surface area contributed by atoms with E-state index in [0.29, 0.717) is 16.9 Å². The Hall–Kier alpha value is -1.96. The Labute approximate surface area is 190 Å². The molecule has 2 rings (SSSR count). The number of carbonyl (C=O) groups is 3. The van der Waals surface area contributed by atoms with Crippen LogP contribution in [0.25, 0.3) is 0 Å². The second-order valence-electron chi connectivity index (χ2n) is 8.36. The maximum absolute atomic E-state index is 13.2. The SMILES string of the molecule is CC(C)=O.CCCC(CCC)N(C(=O)Nc1nc(CC(=O)O)c(C)s1)C1CCCCC1. The summed E-state index contributed by atoms with van der Waals surface area (Å²) in [6, 6.07) is 0.466. The molecule has 1 aliphatic rings. The highest BCUT2D eigenvalue weighted by molar-refractivity contribution is 7.15. The topological polar surface area (TPSA) is 99.6 Å². The second-order valence-corrected chi connectivity index (χ2v) is 9.56. The first kappa shape index (κ1) is 27.1. The first-order valence-electron chi connectivity index (χ1n) is 11.4. The van der Waals surface area contributed by atoms with Crippen molar-refractivity contribution in [2.75, 3.05) is 5.32 Å². The van der Waals surface area contributed by atoms with Crippen LogP contribution in [0.1, 0.15) is 96.1 Å². The molecule has 1 heterocycles. The van der Waals surface area contributed by atoms with Crippen LogP contribution < -0.4 is 5.32 Å². The number of aliphatic carboxylic acids is 1. The summed E-state index contributed by atoms with van der Waals surface area (Å²) in [7, 11) is 0. The number of carboxylic acid groups (broad SMARTS) is 1. The molecule has 0 aliphatic heterocycles. The van der Waals surface area contributed by atoms with Gasteiger partial charge in [0.05, 0.1) is 12.1 Å². The van der Waals surface area contributed by atoms with Gasteiger partial charge in [0.25, 0.3) is 0 Å². The van der Waals surface area contributed by atoms with E-state index in [1.165, 1.54) is 44.4 Å². The Morgan fingerprint density at radius 1 is 1.13 bits per heavy atom. The van der Waals surface area contributed by atoms with E-state index in [-0.39, 0.29) is 24.3 Å². The minimum Gasteiger partial charge on any atom is -0.481 e. The fourth-order valence-corrected chi connectivity index (χ4v) is 4.84. The van der Waals surface area contributed by atoms with E-state index in [1.807, 2.05) is 6.92 Å². The van der Waals surface area contributed by atoms with Crippen molar-refractivity contribution in [3.63, 3.8) is 0 Å². The number of rotatable bonds is 9. The number of Topliss-reactive ketones (excluding diaryl/α,β-unsaturated/α-hetero) is 1. The van der Waals surface area contributed by atoms with E-state index >= 15 is 0 Å². The van der Waals surface area contributed by atoms with Crippen molar-refractivity contribution in [2.24, 2.45) is 0 Å². The third-order valence-corrected chi connectivity index (χ3v) is 6.19. The Balaban J connectivity index is 0.00000110. The quantitative estimate of drug-likeness (QED) is 0.491. The molecular formula is C23H39N3O4S. The Morgan fingerprint density at radius 3 is 2.16 bits per heavy atom. The van der Waals surface area contributed by atoms with Gasteiger partial charge in [-0.05, 0) is 46.5 Å². The van der Waals surface area contributed by atoms with Crippen LogP contribution >= 0.6 is 11.3 Å². The summed E-state index contributed by atoms with van der Waals surface area (Å²) in [5.74, 6) is -0.740. The van der Waals surface area contributed by atoms with Crippen molar-refractivity contribution in [1.82, 2.24) is 9.88 Å². The molecule has 176 valence electrons. The van der Waals surface area contributed by atoms with Gasteiger partial charge in [-0.25, -0.2) is 9.78 Å². The Bertz CT molecular complexity index is 704. The minimum atomic E-state index is -0.906. The van der Waals surface area contributed by atoms with Crippen LogP contribution in [-0.2, 0) is 16.0 Å². The van der Waals surface area contributed by atoms with Crippen LogP contribution in [0.15, 0.2) is 0 Å². The van der Waals surface area contributed by atoms with Gasteiger partial charge >= 0.3 is 12.0 Å². The zero-order valence-electron chi connectivity index (χ0n) is 19.7. The average Bonchev–Trinajstić information content (AvgIpc) is 3.01. The lowest BCUT2D eigenvalue weighted by Crippen LogP contribution is -2.50. The van der Waals surface area contributed by atoms with E-state index in [1.54, 1.807) is 0 Å². The van der Waals surface area contributed by atoms with Crippen LogP contribution in [0.4, 0.5) is 9.93 Å². The maximum Gasteiger partial charge on any atom is 0.324 e. The Kier molecular flexibility index (Phi) is 12.4. The van der Waals surface area contributed by atoms with E-state index in [2.05, 4.69) is 29.0 Å². The van der Waals surface area contributed by atoms with Crippen molar-refractivity contribution in [3.05, 3.63) is 10.6 Å². The predicted molar refractivity (Wildman–Crippen MR) is 126 cm³/mol. The summed E-state index contributed by atoms with van der Waals surface area (Å²) in [6.45, 7) is 9.24. The van der Waals surface area contributed by atoms with E-state index in [9.17, 15) is 14.4 Å². The molecular weight excluding hydrogens is 414 g/mol. The van der Waals surface area contributed by atoms with Gasteiger partial charge in [0.15, 0.2) is 5.13 Å². The zero-order valence-corrected chi connectivity index (χ0v) is 20.5. The molecule has 2 N–H and O–H groups in total. The summed E-state index contributed by atoms with van der Waals surface area (Å²) in [5, 5.41) is 12.5. The molecule has 2 amide bonds. The van der Waals surface area contributed by atoms with Gasteiger partial charge < -0.3 is 14.8 Å². The highest BCUT2D eigenvalue weighted by Gasteiger charge is 2.31. The molecule has 1 aliphatic carbocycles. The number of nitrogens with one attached hydrogen (secondary N) is 1. The van der Waals surface area contributed by atoms with Crippen LogP contribution in [0.2, 0.25) is 0 Å². The van der Waals surface area contributed by atoms with Crippen molar-refractivity contribution in [3.8, 4) is 0 Å². The molecule has 1 fully saturated rings. The number of carboxylic acids is 1. The monoisotopic (exact) mass is 453 g/mol. The lowest BCUT2D eigenvalue weighted by molar-refractivity contribution is -0.136. The molecule has 8 heteroatoms. The number of amides is 2. The van der Waals surface area contributed by atoms with E-state index in [0.717, 1.165) is 43.4 Å². The Morgan fingerprint density at radius 2 is 1.68 bits per heavy atom. The predicted octanol–water partition coefficient (Wildman–Crippen LogP) is 5.81. The smallest absolute Gasteiger partial charge is 0.324 e. The summed E-state index contributed by atoms with van der Waals surface area (Å²) in [6.07, 6.45) is 9.77. The fraction of sp³-hybridized carbons (Fsp3) is 0.739. The summed E-state index contributed by atoms with van der Waals surface area (Å²) in [4.78, 5) is 40.9. The number of urea groups is 1. The van der Waals surface area contributed by atoms with Gasteiger partial charge in [-0.2, -0.15) is 0 Å². The standard InChI is InChI=1S/C20H33N3O3S.C3H6O/c1-4-9-15(10-5-2)23(16-11-7-6-8-12-16)20(26)22-19-21-17(13-18(24)25)14(3)27-19;1-3(2)4/h15-16H,4-13H2,1-3H3,(H,24,25)(H,21,22,26);1-2H3. The highest BCUT2D eigenvalue weighted by atomic mass is 32.1. The van der Waals surface area contributed by atoms with E-state index < -0.39 is 5.97 Å². The number of thiazole rings is 1. The lowest BCUT2D eigenvalue weighted by Gasteiger charge is -2.40. The first-order valence-corrected chi connectivity index (χ1v) is 12.3. The number of hydrogen-bond acceptors (Lipinski definition) is 5. The molecule has 0 saturated heterocycles. The number of aryl methyl sites for hydroxylation is 1. The molecule has 1 aromatic heterocycles. The van der Waals surface area contributed by atoms with Crippen molar-refractivity contribution >= 4 is 34.3 Å². The third-order valence-electron chi connectivity index (χ3n) is 5.26. The number of ketones is 1. The van der Waals surface area contributed by atoms with Gasteiger partial charge in [0, 0.05) is 17.0 Å². The van der Waals surface area contributed by atoms with Crippen molar-refractivity contribution in [2.45, 2.75) is 111 Å². The van der Waals surface area contributed by atoms with Gasteiger partial charge in [0.2, 0.25) is 0 Å². The van der Waals surface area contributed by atoms with Gasteiger partial charge in [-0.15, -0.1) is 11.3 Å². The molecule has 1 saturated carbocycles. The van der Waals surface area contributed by atoms with Gasteiger partial charge in [0.1, 0.15) is 5.78 Å². The molecule has 0 bridgehead atoms. The molecule has 0 aromatic carbocycles. The zero-order chi connectivity index (χ0) is 23.4. The number of hydrogen-bond donors (Lipinski definition) is 2. The molecule has 0 atom stereocenters. The van der Waals surface area contributed by atoms with Gasteiger partial charge in [-0.1, -0.05) is 46.0 Å². The number of aromatic nitrogens is 1. The molecule has 31 heavy (non-hydrogen) atoms. The lowest BCUT2D eigenvalue weighted by atomic mass is 9.92. The van der Waals surface area contributed by atoms with Crippen LogP contribution in [0.5, 0.6) is 0 Å². The normalized spacial score (nSPS) is 14.0. The molecule has 1 aromatic rings. The third kappa shape index (κ3) is 9.80. The maximum atomic E-state index is 13.2. The molecule has 7 nitrogen and oxygen atoms in total. The highest BCUT2D eigenvalue weighted by Crippen LogP contribution is 2.29. The van der Waals surface area contributed by atoms with Crippen molar-refractivity contribution in [1.29, 1.82) is 0 Å². The van der Waals surface area contributed by atoms with E-state index in [4.69, 9.17) is 5.11 Å². The van der Waals surface area contributed by atoms with Crippen molar-refractivity contribution < 1.29 is 19.5 Å². The molecule has 0 radical (unpaired) electrons. The molecule has 0 unspecified atom stereocenters. The average molecular weight is 454 g/mol. The largest absolute Gasteiger partial charge is 0.481 e. The second kappa shape index (κ2) is 14.2. The number of carbonyl (C=O) groups excluding carboxylic acids is 2. The number of anilines is 1.